The maximum absolute atomic E-state index is 12.6. The van der Waals surface area contributed by atoms with Crippen LogP contribution in [-0.4, -0.2) is 34.3 Å². The monoisotopic (exact) mass is 327 g/mol. The van der Waals surface area contributed by atoms with Crippen LogP contribution < -0.4 is 5.32 Å². The van der Waals surface area contributed by atoms with Gasteiger partial charge in [0, 0.05) is 23.7 Å². The number of nitrogens with one attached hydrogen (secondary N) is 1. The minimum Gasteiger partial charge on any atom is -0.445 e. The Labute approximate surface area is 140 Å². The zero-order valence-corrected chi connectivity index (χ0v) is 13.9. The lowest BCUT2D eigenvalue weighted by molar-refractivity contribution is -0.139. The molecule has 1 aliphatic rings. The van der Waals surface area contributed by atoms with E-state index in [1.165, 1.54) is 6.26 Å². The molecule has 0 spiro atoms. The second-order valence-electron chi connectivity index (χ2n) is 6.25. The van der Waals surface area contributed by atoms with Crippen LogP contribution >= 0.6 is 0 Å². The number of hydrogen-bond donors (Lipinski definition) is 1. The summed E-state index contributed by atoms with van der Waals surface area (Å²) in [5.74, 6) is 0.280. The first-order chi connectivity index (χ1) is 11.6. The largest absolute Gasteiger partial charge is 0.445 e. The molecule has 2 amide bonds. The topological polar surface area (TPSA) is 75.4 Å². The van der Waals surface area contributed by atoms with Gasteiger partial charge in [-0.25, -0.2) is 4.98 Å². The highest BCUT2D eigenvalue weighted by molar-refractivity contribution is 5.98. The number of hydrogen-bond acceptors (Lipinski definition) is 4. The molecule has 24 heavy (non-hydrogen) atoms. The van der Waals surface area contributed by atoms with Crippen molar-refractivity contribution in [3.05, 3.63) is 36.7 Å². The van der Waals surface area contributed by atoms with E-state index in [0.29, 0.717) is 24.5 Å². The predicted octanol–water partition coefficient (Wildman–Crippen LogP) is 2.93. The molecule has 0 radical (unpaired) electrons. The van der Waals surface area contributed by atoms with Crippen molar-refractivity contribution in [3.63, 3.8) is 0 Å². The van der Waals surface area contributed by atoms with Crippen LogP contribution in [0.4, 0.5) is 5.69 Å². The van der Waals surface area contributed by atoms with Crippen molar-refractivity contribution in [2.75, 3.05) is 11.9 Å². The highest BCUT2D eigenvalue weighted by atomic mass is 16.3. The van der Waals surface area contributed by atoms with Gasteiger partial charge in [-0.05, 0) is 31.0 Å². The Bertz CT molecular complexity index is 725. The summed E-state index contributed by atoms with van der Waals surface area (Å²) >= 11 is 0. The molecule has 6 nitrogen and oxygen atoms in total. The Morgan fingerprint density at radius 1 is 1.38 bits per heavy atom. The first-order valence-electron chi connectivity index (χ1n) is 8.17. The third-order valence-electron chi connectivity index (χ3n) is 4.14. The van der Waals surface area contributed by atoms with E-state index in [-0.39, 0.29) is 17.7 Å². The summed E-state index contributed by atoms with van der Waals surface area (Å²) < 4.78 is 5.28. The molecule has 2 aromatic rings. The lowest BCUT2D eigenvalue weighted by Gasteiger charge is -2.25. The molecule has 1 aliphatic heterocycles. The van der Waals surface area contributed by atoms with E-state index in [9.17, 15) is 9.59 Å². The predicted molar refractivity (Wildman–Crippen MR) is 90.1 cm³/mol. The Balaban J connectivity index is 1.73. The SMILES string of the molecule is CC(C)C(=O)N1CCCC1C(=O)Nc1cccc(-c2ncco2)c1. The molecule has 1 aromatic heterocycles. The van der Waals surface area contributed by atoms with Crippen LogP contribution in [0, 0.1) is 5.92 Å². The Kier molecular flexibility index (Phi) is 4.64. The molecule has 1 fully saturated rings. The minimum absolute atomic E-state index is 0.0289. The maximum Gasteiger partial charge on any atom is 0.247 e. The van der Waals surface area contributed by atoms with Crippen LogP contribution in [0.2, 0.25) is 0 Å². The summed E-state index contributed by atoms with van der Waals surface area (Å²) in [6.07, 6.45) is 4.64. The van der Waals surface area contributed by atoms with Crippen molar-refractivity contribution < 1.29 is 14.0 Å². The van der Waals surface area contributed by atoms with E-state index in [1.807, 2.05) is 38.1 Å². The van der Waals surface area contributed by atoms with E-state index in [2.05, 4.69) is 10.3 Å². The van der Waals surface area contributed by atoms with Crippen LogP contribution in [-0.2, 0) is 9.59 Å². The molecule has 1 N–H and O–H groups in total. The van der Waals surface area contributed by atoms with Gasteiger partial charge >= 0.3 is 0 Å². The molecule has 1 atom stereocenters. The van der Waals surface area contributed by atoms with E-state index < -0.39 is 6.04 Å². The van der Waals surface area contributed by atoms with Gasteiger partial charge in [-0.15, -0.1) is 0 Å². The van der Waals surface area contributed by atoms with Crippen molar-refractivity contribution in [1.29, 1.82) is 0 Å². The first-order valence-corrected chi connectivity index (χ1v) is 8.17. The average molecular weight is 327 g/mol. The van der Waals surface area contributed by atoms with Gasteiger partial charge in [-0.2, -0.15) is 0 Å². The van der Waals surface area contributed by atoms with Gasteiger partial charge in [-0.3, -0.25) is 9.59 Å². The number of carbonyl (C=O) groups excluding carboxylic acids is 2. The van der Waals surface area contributed by atoms with Crippen molar-refractivity contribution in [1.82, 2.24) is 9.88 Å². The van der Waals surface area contributed by atoms with E-state index in [0.717, 1.165) is 12.0 Å². The number of oxazole rings is 1. The lowest BCUT2D eigenvalue weighted by atomic mass is 10.1. The van der Waals surface area contributed by atoms with Crippen LogP contribution in [0.1, 0.15) is 26.7 Å². The summed E-state index contributed by atoms with van der Waals surface area (Å²) in [6, 6.07) is 6.93. The van der Waals surface area contributed by atoms with Gasteiger partial charge in [0.25, 0.3) is 0 Å². The number of rotatable bonds is 4. The van der Waals surface area contributed by atoms with Gasteiger partial charge in [0.1, 0.15) is 12.3 Å². The zero-order valence-electron chi connectivity index (χ0n) is 13.9. The Hall–Kier alpha value is -2.63. The Morgan fingerprint density at radius 2 is 2.21 bits per heavy atom. The number of amides is 2. The van der Waals surface area contributed by atoms with Gasteiger partial charge in [0.2, 0.25) is 17.7 Å². The number of benzene rings is 1. The number of nitrogens with zero attached hydrogens (tertiary/aromatic N) is 2. The Morgan fingerprint density at radius 3 is 2.92 bits per heavy atom. The second-order valence-corrected chi connectivity index (χ2v) is 6.25. The molecule has 126 valence electrons. The molecule has 0 saturated carbocycles. The molecule has 1 unspecified atom stereocenters. The summed E-state index contributed by atoms with van der Waals surface area (Å²) in [4.78, 5) is 30.7. The fraction of sp³-hybridized carbons (Fsp3) is 0.389. The smallest absolute Gasteiger partial charge is 0.247 e. The van der Waals surface area contributed by atoms with Crippen LogP contribution in [0.3, 0.4) is 0 Å². The van der Waals surface area contributed by atoms with E-state index in [1.54, 1.807) is 11.1 Å². The molecule has 1 aromatic carbocycles. The molecule has 0 aliphatic carbocycles. The number of aromatic nitrogens is 1. The number of carbonyl (C=O) groups is 2. The third-order valence-corrected chi connectivity index (χ3v) is 4.14. The maximum atomic E-state index is 12.6. The molecular weight excluding hydrogens is 306 g/mol. The van der Waals surface area contributed by atoms with Crippen LogP contribution in [0.15, 0.2) is 41.1 Å². The fourth-order valence-electron chi connectivity index (χ4n) is 2.96. The van der Waals surface area contributed by atoms with Gasteiger partial charge in [0.15, 0.2) is 0 Å². The van der Waals surface area contributed by atoms with Gasteiger partial charge in [0.05, 0.1) is 6.20 Å². The standard InChI is InChI=1S/C18H21N3O3/c1-12(2)18(23)21-9-4-7-15(21)16(22)20-14-6-3-5-13(11-14)17-19-8-10-24-17/h3,5-6,8,10-12,15H,4,7,9H2,1-2H3,(H,20,22). The van der Waals surface area contributed by atoms with Crippen molar-refractivity contribution >= 4 is 17.5 Å². The molecule has 0 bridgehead atoms. The van der Waals surface area contributed by atoms with Crippen molar-refractivity contribution in [3.8, 4) is 11.5 Å². The summed E-state index contributed by atoms with van der Waals surface area (Å²) in [5, 5.41) is 2.91. The quantitative estimate of drug-likeness (QED) is 0.937. The summed E-state index contributed by atoms with van der Waals surface area (Å²) in [5.41, 5.74) is 1.46. The summed E-state index contributed by atoms with van der Waals surface area (Å²) in [7, 11) is 0. The molecule has 1 saturated heterocycles. The lowest BCUT2D eigenvalue weighted by Crippen LogP contribution is -2.44. The average Bonchev–Trinajstić information content (AvgIpc) is 3.25. The zero-order chi connectivity index (χ0) is 17.1. The second kappa shape index (κ2) is 6.86. The van der Waals surface area contributed by atoms with Gasteiger partial charge in [-0.1, -0.05) is 19.9 Å². The number of likely N-dealkylation sites (tertiary alicyclic amines) is 1. The third kappa shape index (κ3) is 3.32. The van der Waals surface area contributed by atoms with E-state index in [4.69, 9.17) is 4.42 Å². The summed E-state index contributed by atoms with van der Waals surface area (Å²) in [6.45, 7) is 4.36. The minimum atomic E-state index is -0.398. The van der Waals surface area contributed by atoms with Crippen LogP contribution in [0.25, 0.3) is 11.5 Å². The van der Waals surface area contributed by atoms with Crippen LogP contribution in [0.5, 0.6) is 0 Å². The molecule has 6 heteroatoms. The van der Waals surface area contributed by atoms with Crippen molar-refractivity contribution in [2.45, 2.75) is 32.7 Å². The fourth-order valence-corrected chi connectivity index (χ4v) is 2.96. The number of anilines is 1. The van der Waals surface area contributed by atoms with Gasteiger partial charge < -0.3 is 14.6 Å². The highest BCUT2D eigenvalue weighted by Gasteiger charge is 2.34. The first kappa shape index (κ1) is 16.2. The normalized spacial score (nSPS) is 17.3. The molecule has 2 heterocycles. The highest BCUT2D eigenvalue weighted by Crippen LogP contribution is 2.24. The molecule has 3 rings (SSSR count). The van der Waals surface area contributed by atoms with Crippen molar-refractivity contribution in [2.24, 2.45) is 5.92 Å². The molecular formula is C18H21N3O3. The van der Waals surface area contributed by atoms with E-state index >= 15 is 0 Å².